The average molecular weight is 214 g/mol. The molecule has 0 N–H and O–H groups in total. The lowest BCUT2D eigenvalue weighted by molar-refractivity contribution is 0.0988. The van der Waals surface area contributed by atoms with Crippen LogP contribution in [0.4, 0.5) is 5.69 Å². The van der Waals surface area contributed by atoms with E-state index < -0.39 is 0 Å². The molecule has 0 spiro atoms. The van der Waals surface area contributed by atoms with Crippen LogP contribution < -0.4 is 4.90 Å². The Morgan fingerprint density at radius 1 is 1.19 bits per heavy atom. The number of carbonyl (C=O) groups is 1. The summed E-state index contributed by atoms with van der Waals surface area (Å²) in [4.78, 5) is 25.2. The maximum atomic E-state index is 11.9. The molecule has 2 rings (SSSR count). The molecule has 0 bridgehead atoms. The van der Waals surface area contributed by atoms with Crippen LogP contribution in [0, 0.1) is 0 Å². The zero-order chi connectivity index (χ0) is 11.4. The second-order valence-electron chi connectivity index (χ2n) is 3.17. The van der Waals surface area contributed by atoms with Crippen molar-refractivity contribution in [1.82, 2.24) is 15.0 Å². The van der Waals surface area contributed by atoms with Gasteiger partial charge in [-0.15, -0.1) is 0 Å². The number of nitrogens with zero attached hydrogens (tertiary/aromatic N) is 4. The van der Waals surface area contributed by atoms with Crippen molar-refractivity contribution in [2.45, 2.75) is 0 Å². The van der Waals surface area contributed by atoms with Gasteiger partial charge in [-0.05, 0) is 12.1 Å². The van der Waals surface area contributed by atoms with E-state index in [0.717, 1.165) is 5.69 Å². The summed E-state index contributed by atoms with van der Waals surface area (Å²) in [5.74, 6) is -0.207. The fraction of sp³-hybridized carbons (Fsp3) is 0.0909. The van der Waals surface area contributed by atoms with Gasteiger partial charge in [-0.25, -0.2) is 4.98 Å². The van der Waals surface area contributed by atoms with Crippen molar-refractivity contribution in [3.05, 3.63) is 48.8 Å². The first-order valence-electron chi connectivity index (χ1n) is 4.73. The van der Waals surface area contributed by atoms with Crippen LogP contribution in [0.2, 0.25) is 0 Å². The predicted molar refractivity (Wildman–Crippen MR) is 59.0 cm³/mol. The molecule has 0 aromatic carbocycles. The normalized spacial score (nSPS) is 9.81. The summed E-state index contributed by atoms with van der Waals surface area (Å²) in [5, 5.41) is 0. The third-order valence-electron chi connectivity index (χ3n) is 2.12. The van der Waals surface area contributed by atoms with E-state index in [9.17, 15) is 4.79 Å². The molecule has 0 aliphatic carbocycles. The molecular formula is C11H10N4O. The molecule has 2 heterocycles. The van der Waals surface area contributed by atoms with Crippen LogP contribution in [0.3, 0.4) is 0 Å². The number of hydrogen-bond acceptors (Lipinski definition) is 4. The quantitative estimate of drug-likeness (QED) is 0.752. The van der Waals surface area contributed by atoms with Crippen LogP contribution in [0.5, 0.6) is 0 Å². The molecule has 0 radical (unpaired) electrons. The minimum absolute atomic E-state index is 0.207. The predicted octanol–water partition coefficient (Wildman–Crippen LogP) is 1.15. The number of rotatable bonds is 2. The molecule has 0 aliphatic rings. The number of aromatic nitrogens is 3. The molecule has 5 nitrogen and oxygen atoms in total. The van der Waals surface area contributed by atoms with Crippen molar-refractivity contribution in [3.63, 3.8) is 0 Å². The van der Waals surface area contributed by atoms with E-state index in [-0.39, 0.29) is 5.91 Å². The highest BCUT2D eigenvalue weighted by Gasteiger charge is 2.14. The average Bonchev–Trinajstić information content (AvgIpc) is 2.39. The fourth-order valence-corrected chi connectivity index (χ4v) is 1.25. The maximum absolute atomic E-state index is 11.9. The Kier molecular flexibility index (Phi) is 2.86. The van der Waals surface area contributed by atoms with Crippen molar-refractivity contribution >= 4 is 11.6 Å². The Hall–Kier alpha value is -2.30. The fourth-order valence-electron chi connectivity index (χ4n) is 1.25. The van der Waals surface area contributed by atoms with Crippen molar-refractivity contribution in [2.75, 3.05) is 11.9 Å². The molecule has 0 atom stereocenters. The highest BCUT2D eigenvalue weighted by molar-refractivity contribution is 6.04. The highest BCUT2D eigenvalue weighted by Crippen LogP contribution is 2.11. The number of hydrogen-bond donors (Lipinski definition) is 0. The first kappa shape index (κ1) is 10.2. The zero-order valence-electron chi connectivity index (χ0n) is 8.74. The molecule has 2 aromatic heterocycles. The van der Waals surface area contributed by atoms with Gasteiger partial charge in [0.15, 0.2) is 0 Å². The van der Waals surface area contributed by atoms with Gasteiger partial charge >= 0.3 is 0 Å². The second-order valence-corrected chi connectivity index (χ2v) is 3.17. The molecule has 0 fully saturated rings. The standard InChI is InChI=1S/C11H10N4O/c1-15(9-3-2-4-12-7-9)11(16)10-8-13-5-6-14-10/h2-8H,1H3. The molecule has 2 aromatic rings. The van der Waals surface area contributed by atoms with E-state index in [1.165, 1.54) is 23.5 Å². The third kappa shape index (κ3) is 2.03. The van der Waals surface area contributed by atoms with Crippen molar-refractivity contribution in [1.29, 1.82) is 0 Å². The molecule has 0 aliphatic heterocycles. The molecule has 16 heavy (non-hydrogen) atoms. The van der Waals surface area contributed by atoms with Crippen LogP contribution >= 0.6 is 0 Å². The van der Waals surface area contributed by atoms with Gasteiger partial charge in [0, 0.05) is 25.6 Å². The number of amides is 1. The molecule has 5 heteroatoms. The first-order valence-corrected chi connectivity index (χ1v) is 4.73. The topological polar surface area (TPSA) is 59.0 Å². The van der Waals surface area contributed by atoms with Gasteiger partial charge in [-0.3, -0.25) is 14.8 Å². The molecule has 0 unspecified atom stereocenters. The van der Waals surface area contributed by atoms with Gasteiger partial charge in [-0.2, -0.15) is 0 Å². The molecular weight excluding hydrogens is 204 g/mol. The van der Waals surface area contributed by atoms with E-state index in [4.69, 9.17) is 0 Å². The van der Waals surface area contributed by atoms with Gasteiger partial charge in [0.1, 0.15) is 5.69 Å². The van der Waals surface area contributed by atoms with Crippen molar-refractivity contribution < 1.29 is 4.79 Å². The highest BCUT2D eigenvalue weighted by atomic mass is 16.2. The Balaban J connectivity index is 2.24. The second kappa shape index (κ2) is 4.48. The zero-order valence-corrected chi connectivity index (χ0v) is 8.74. The number of pyridine rings is 1. The van der Waals surface area contributed by atoms with E-state index in [2.05, 4.69) is 15.0 Å². The van der Waals surface area contributed by atoms with Gasteiger partial charge < -0.3 is 4.90 Å². The summed E-state index contributed by atoms with van der Waals surface area (Å²) >= 11 is 0. The summed E-state index contributed by atoms with van der Waals surface area (Å²) in [5.41, 5.74) is 1.03. The van der Waals surface area contributed by atoms with E-state index in [1.807, 2.05) is 0 Å². The lowest BCUT2D eigenvalue weighted by atomic mass is 10.3. The Bertz CT molecular complexity index is 472. The Morgan fingerprint density at radius 3 is 2.62 bits per heavy atom. The van der Waals surface area contributed by atoms with Crippen LogP contribution in [0.1, 0.15) is 10.5 Å². The number of carbonyl (C=O) groups excluding carboxylic acids is 1. The van der Waals surface area contributed by atoms with Crippen LogP contribution in [0.15, 0.2) is 43.1 Å². The van der Waals surface area contributed by atoms with Gasteiger partial charge in [-0.1, -0.05) is 0 Å². The SMILES string of the molecule is CN(C(=O)c1cnccn1)c1cccnc1. The van der Waals surface area contributed by atoms with Crippen molar-refractivity contribution in [3.8, 4) is 0 Å². The summed E-state index contributed by atoms with van der Waals surface area (Å²) in [6.07, 6.45) is 7.73. The summed E-state index contributed by atoms with van der Waals surface area (Å²) in [6, 6.07) is 3.58. The van der Waals surface area contributed by atoms with Crippen LogP contribution in [-0.2, 0) is 0 Å². The Labute approximate surface area is 92.8 Å². The van der Waals surface area contributed by atoms with Gasteiger partial charge in [0.2, 0.25) is 0 Å². The minimum Gasteiger partial charge on any atom is -0.309 e. The molecule has 0 saturated carbocycles. The summed E-state index contributed by atoms with van der Waals surface area (Å²) in [6.45, 7) is 0. The third-order valence-corrected chi connectivity index (χ3v) is 2.12. The van der Waals surface area contributed by atoms with E-state index in [1.54, 1.807) is 31.6 Å². The van der Waals surface area contributed by atoms with E-state index in [0.29, 0.717) is 5.69 Å². The van der Waals surface area contributed by atoms with Crippen LogP contribution in [0.25, 0.3) is 0 Å². The lowest BCUT2D eigenvalue weighted by Gasteiger charge is -2.15. The lowest BCUT2D eigenvalue weighted by Crippen LogP contribution is -2.27. The summed E-state index contributed by atoms with van der Waals surface area (Å²) in [7, 11) is 1.67. The monoisotopic (exact) mass is 214 g/mol. The first-order chi connectivity index (χ1) is 7.79. The Morgan fingerprint density at radius 2 is 2.00 bits per heavy atom. The number of anilines is 1. The maximum Gasteiger partial charge on any atom is 0.278 e. The van der Waals surface area contributed by atoms with E-state index >= 15 is 0 Å². The smallest absolute Gasteiger partial charge is 0.278 e. The van der Waals surface area contributed by atoms with Crippen LogP contribution in [-0.4, -0.2) is 27.9 Å². The molecule has 1 amide bonds. The summed E-state index contributed by atoms with van der Waals surface area (Å²) < 4.78 is 0. The molecule has 80 valence electrons. The van der Waals surface area contributed by atoms with Crippen molar-refractivity contribution in [2.24, 2.45) is 0 Å². The van der Waals surface area contributed by atoms with Gasteiger partial charge in [0.25, 0.3) is 5.91 Å². The van der Waals surface area contributed by atoms with Gasteiger partial charge in [0.05, 0.1) is 18.1 Å². The molecule has 0 saturated heterocycles. The largest absolute Gasteiger partial charge is 0.309 e. The minimum atomic E-state index is -0.207.